The van der Waals surface area contributed by atoms with Gasteiger partial charge in [-0.05, 0) is 56.5 Å². The molecule has 2 amide bonds. The number of nitrogens with zero attached hydrogens (tertiary/aromatic N) is 2. The van der Waals surface area contributed by atoms with Crippen LogP contribution in [0.1, 0.15) is 45.1 Å². The average molecular weight is 331 g/mol. The van der Waals surface area contributed by atoms with E-state index in [-0.39, 0.29) is 18.4 Å². The maximum absolute atomic E-state index is 12.0. The van der Waals surface area contributed by atoms with E-state index in [1.807, 2.05) is 38.1 Å². The Morgan fingerprint density at radius 3 is 2.71 bits per heavy atom. The van der Waals surface area contributed by atoms with Crippen molar-refractivity contribution in [1.29, 1.82) is 0 Å². The van der Waals surface area contributed by atoms with Gasteiger partial charge in [-0.15, -0.1) is 0 Å². The Morgan fingerprint density at radius 2 is 2.00 bits per heavy atom. The zero-order valence-corrected chi connectivity index (χ0v) is 14.4. The van der Waals surface area contributed by atoms with Crippen molar-refractivity contribution in [3.8, 4) is 5.75 Å². The lowest BCUT2D eigenvalue weighted by molar-refractivity contribution is -0.135. The van der Waals surface area contributed by atoms with Crippen LogP contribution in [0.4, 0.5) is 0 Å². The maximum Gasteiger partial charge on any atom is 0.259 e. The number of carbonyl (C=O) groups excluding carboxylic acids is 2. The summed E-state index contributed by atoms with van der Waals surface area (Å²) in [5.74, 6) is 0.586. The summed E-state index contributed by atoms with van der Waals surface area (Å²) in [5.41, 5.74) is 4.14. The Labute approximate surface area is 142 Å². The van der Waals surface area contributed by atoms with Gasteiger partial charge in [-0.1, -0.05) is 6.42 Å². The van der Waals surface area contributed by atoms with Gasteiger partial charge in [-0.25, -0.2) is 5.43 Å². The standard InChI is InChI=1S/C18H25N3O3/c1-3-24-16-10-8-15(9-11-16)14(2)19-20-17(22)13-21-12-6-4-5-7-18(21)23/h8-11H,3-7,12-13H2,1-2H3,(H,20,22)/b19-14-. The molecule has 0 atom stereocenters. The quantitative estimate of drug-likeness (QED) is 0.642. The number of carbonyl (C=O) groups is 2. The van der Waals surface area contributed by atoms with Crippen LogP contribution in [-0.4, -0.2) is 42.1 Å². The normalized spacial score (nSPS) is 15.8. The predicted molar refractivity (Wildman–Crippen MR) is 93.0 cm³/mol. The fraction of sp³-hybridized carbons (Fsp3) is 0.500. The van der Waals surface area contributed by atoms with Crippen LogP contribution in [0.3, 0.4) is 0 Å². The maximum atomic E-state index is 12.0. The summed E-state index contributed by atoms with van der Waals surface area (Å²) < 4.78 is 5.40. The highest BCUT2D eigenvalue weighted by molar-refractivity contribution is 5.99. The molecule has 24 heavy (non-hydrogen) atoms. The number of hydrazone groups is 1. The number of likely N-dealkylation sites (tertiary alicyclic amines) is 1. The minimum absolute atomic E-state index is 0.0508. The van der Waals surface area contributed by atoms with Gasteiger partial charge >= 0.3 is 0 Å². The number of benzene rings is 1. The Kier molecular flexibility index (Phi) is 6.78. The molecule has 0 radical (unpaired) electrons. The molecule has 0 bridgehead atoms. The van der Waals surface area contributed by atoms with Crippen LogP contribution in [0, 0.1) is 0 Å². The molecular formula is C18H25N3O3. The van der Waals surface area contributed by atoms with Crippen molar-refractivity contribution >= 4 is 17.5 Å². The monoisotopic (exact) mass is 331 g/mol. The van der Waals surface area contributed by atoms with Crippen LogP contribution >= 0.6 is 0 Å². The molecule has 6 nitrogen and oxygen atoms in total. The van der Waals surface area contributed by atoms with Crippen molar-refractivity contribution in [2.75, 3.05) is 19.7 Å². The first-order valence-corrected chi connectivity index (χ1v) is 8.44. The molecule has 1 aromatic carbocycles. The summed E-state index contributed by atoms with van der Waals surface area (Å²) >= 11 is 0. The fourth-order valence-corrected chi connectivity index (χ4v) is 2.58. The van der Waals surface area contributed by atoms with E-state index < -0.39 is 0 Å². The molecule has 0 spiro atoms. The van der Waals surface area contributed by atoms with Crippen molar-refractivity contribution in [1.82, 2.24) is 10.3 Å². The number of rotatable bonds is 6. The van der Waals surface area contributed by atoms with E-state index in [9.17, 15) is 9.59 Å². The zero-order chi connectivity index (χ0) is 17.4. The summed E-state index contributed by atoms with van der Waals surface area (Å²) in [6, 6.07) is 7.54. The smallest absolute Gasteiger partial charge is 0.259 e. The second-order valence-corrected chi connectivity index (χ2v) is 5.82. The molecular weight excluding hydrogens is 306 g/mol. The molecule has 0 aliphatic carbocycles. The van der Waals surface area contributed by atoms with Crippen molar-refractivity contribution in [2.45, 2.75) is 39.5 Å². The van der Waals surface area contributed by atoms with Crippen molar-refractivity contribution in [3.05, 3.63) is 29.8 Å². The van der Waals surface area contributed by atoms with Gasteiger partial charge in [0.15, 0.2) is 0 Å². The number of nitrogens with one attached hydrogen (secondary N) is 1. The molecule has 0 aromatic heterocycles. The highest BCUT2D eigenvalue weighted by Crippen LogP contribution is 2.13. The van der Waals surface area contributed by atoms with E-state index in [2.05, 4.69) is 10.5 Å². The second-order valence-electron chi connectivity index (χ2n) is 5.82. The van der Waals surface area contributed by atoms with Gasteiger partial charge in [-0.2, -0.15) is 5.10 Å². The first-order valence-electron chi connectivity index (χ1n) is 8.44. The van der Waals surface area contributed by atoms with Gasteiger partial charge in [0.05, 0.1) is 12.3 Å². The van der Waals surface area contributed by atoms with Crippen LogP contribution in [-0.2, 0) is 9.59 Å². The Balaban J connectivity index is 1.88. The van der Waals surface area contributed by atoms with E-state index >= 15 is 0 Å². The van der Waals surface area contributed by atoms with E-state index in [1.54, 1.807) is 4.90 Å². The molecule has 0 saturated carbocycles. The summed E-state index contributed by atoms with van der Waals surface area (Å²) in [6.45, 7) is 5.10. The third-order valence-corrected chi connectivity index (χ3v) is 3.94. The number of ether oxygens (including phenoxy) is 1. The van der Waals surface area contributed by atoms with Crippen LogP contribution < -0.4 is 10.2 Å². The van der Waals surface area contributed by atoms with Crippen LogP contribution in [0.15, 0.2) is 29.4 Å². The van der Waals surface area contributed by atoms with Crippen molar-refractivity contribution < 1.29 is 14.3 Å². The lowest BCUT2D eigenvalue weighted by atomic mass is 10.1. The summed E-state index contributed by atoms with van der Waals surface area (Å²) in [4.78, 5) is 25.5. The van der Waals surface area contributed by atoms with Gasteiger partial charge in [0.1, 0.15) is 12.3 Å². The zero-order valence-electron chi connectivity index (χ0n) is 14.4. The Morgan fingerprint density at radius 1 is 1.25 bits per heavy atom. The molecule has 130 valence electrons. The third kappa shape index (κ3) is 5.37. The molecule has 1 saturated heterocycles. The van der Waals surface area contributed by atoms with E-state index in [1.165, 1.54) is 0 Å². The summed E-state index contributed by atoms with van der Waals surface area (Å²) in [6.07, 6.45) is 3.43. The molecule has 1 aliphatic rings. The van der Waals surface area contributed by atoms with Gasteiger partial charge < -0.3 is 9.64 Å². The third-order valence-electron chi connectivity index (χ3n) is 3.94. The Bertz CT molecular complexity index is 596. The van der Waals surface area contributed by atoms with Crippen molar-refractivity contribution in [2.24, 2.45) is 5.10 Å². The summed E-state index contributed by atoms with van der Waals surface area (Å²) in [5, 5.41) is 4.12. The van der Waals surface area contributed by atoms with Crippen LogP contribution in [0.25, 0.3) is 0 Å². The van der Waals surface area contributed by atoms with Gasteiger partial charge in [0.25, 0.3) is 5.91 Å². The van der Waals surface area contributed by atoms with Gasteiger partial charge in [-0.3, -0.25) is 9.59 Å². The fourth-order valence-electron chi connectivity index (χ4n) is 2.58. The van der Waals surface area contributed by atoms with Crippen molar-refractivity contribution in [3.63, 3.8) is 0 Å². The lowest BCUT2D eigenvalue weighted by Gasteiger charge is -2.19. The Hall–Kier alpha value is -2.37. The number of hydrogen-bond acceptors (Lipinski definition) is 4. The molecule has 1 aromatic rings. The topological polar surface area (TPSA) is 71.0 Å². The van der Waals surface area contributed by atoms with Gasteiger partial charge in [0, 0.05) is 13.0 Å². The SMILES string of the molecule is CCOc1ccc(/C(C)=N\NC(=O)CN2CCCCCC2=O)cc1. The number of amides is 2. The van der Waals surface area contributed by atoms with Crippen LogP contribution in [0.5, 0.6) is 5.75 Å². The first-order chi connectivity index (χ1) is 11.6. The summed E-state index contributed by atoms with van der Waals surface area (Å²) in [7, 11) is 0. The molecule has 1 fully saturated rings. The highest BCUT2D eigenvalue weighted by atomic mass is 16.5. The van der Waals surface area contributed by atoms with Crippen LogP contribution in [0.2, 0.25) is 0 Å². The number of hydrogen-bond donors (Lipinski definition) is 1. The highest BCUT2D eigenvalue weighted by Gasteiger charge is 2.18. The molecule has 1 N–H and O–H groups in total. The second kappa shape index (κ2) is 9.05. The van der Waals surface area contributed by atoms with Gasteiger partial charge in [0.2, 0.25) is 5.91 Å². The minimum Gasteiger partial charge on any atom is -0.494 e. The molecule has 2 rings (SSSR count). The molecule has 6 heteroatoms. The van der Waals surface area contributed by atoms with E-state index in [4.69, 9.17) is 4.74 Å². The average Bonchev–Trinajstić information content (AvgIpc) is 2.78. The first kappa shape index (κ1) is 18.0. The largest absolute Gasteiger partial charge is 0.494 e. The lowest BCUT2D eigenvalue weighted by Crippen LogP contribution is -2.39. The van der Waals surface area contributed by atoms with E-state index in [0.29, 0.717) is 25.3 Å². The molecule has 1 heterocycles. The molecule has 0 unspecified atom stereocenters. The molecule has 1 aliphatic heterocycles. The minimum atomic E-state index is -0.268. The van der Waals surface area contributed by atoms with E-state index in [0.717, 1.165) is 30.6 Å². The predicted octanol–water partition coefficient (Wildman–Crippen LogP) is 2.33.